The molecule has 0 spiro atoms. The van der Waals surface area contributed by atoms with Crippen LogP contribution < -0.4 is 0 Å². The number of hydrogen-bond acceptors (Lipinski definition) is 3. The number of imidazole rings is 1. The van der Waals surface area contributed by atoms with Crippen molar-refractivity contribution in [3.63, 3.8) is 0 Å². The van der Waals surface area contributed by atoms with E-state index in [1.165, 1.54) is 0 Å². The normalized spacial score (nSPS) is 12.4. The first-order chi connectivity index (χ1) is 5.83. The molecule has 0 bridgehead atoms. The van der Waals surface area contributed by atoms with E-state index in [1.807, 2.05) is 17.6 Å². The molecule has 12 heavy (non-hydrogen) atoms. The molecular weight excluding hydrogens is 154 g/mol. The minimum absolute atomic E-state index is 0.173. The summed E-state index contributed by atoms with van der Waals surface area (Å²) in [6.07, 6.45) is 3.44. The van der Waals surface area contributed by atoms with Crippen molar-refractivity contribution >= 4 is 0 Å². The number of aliphatic hydroxyl groups excluding tert-OH is 1. The predicted octanol–water partition coefficient (Wildman–Crippen LogP) is 0.502. The SMILES string of the molecule is CCn1ccnc1C(C#N)CO. The minimum Gasteiger partial charge on any atom is -0.395 e. The Kier molecular flexibility index (Phi) is 2.83. The lowest BCUT2D eigenvalue weighted by atomic mass is 10.2. The van der Waals surface area contributed by atoms with Gasteiger partial charge in [0.2, 0.25) is 0 Å². The van der Waals surface area contributed by atoms with Gasteiger partial charge in [-0.05, 0) is 6.92 Å². The molecule has 64 valence electrons. The largest absolute Gasteiger partial charge is 0.395 e. The van der Waals surface area contributed by atoms with E-state index >= 15 is 0 Å². The van der Waals surface area contributed by atoms with Crippen LogP contribution in [0.15, 0.2) is 12.4 Å². The van der Waals surface area contributed by atoms with Crippen LogP contribution in [0.3, 0.4) is 0 Å². The second kappa shape index (κ2) is 3.88. The van der Waals surface area contributed by atoms with Crippen molar-refractivity contribution in [1.82, 2.24) is 9.55 Å². The third-order valence-electron chi connectivity index (χ3n) is 1.74. The highest BCUT2D eigenvalue weighted by atomic mass is 16.3. The van der Waals surface area contributed by atoms with Crippen molar-refractivity contribution in [2.75, 3.05) is 6.61 Å². The molecule has 1 rings (SSSR count). The van der Waals surface area contributed by atoms with E-state index in [2.05, 4.69) is 4.98 Å². The van der Waals surface area contributed by atoms with Crippen molar-refractivity contribution in [1.29, 1.82) is 5.26 Å². The molecule has 0 radical (unpaired) electrons. The van der Waals surface area contributed by atoms with Crippen LogP contribution in [0.2, 0.25) is 0 Å². The maximum atomic E-state index is 8.84. The number of nitrogens with zero attached hydrogens (tertiary/aromatic N) is 3. The van der Waals surface area contributed by atoms with E-state index in [-0.39, 0.29) is 6.61 Å². The quantitative estimate of drug-likeness (QED) is 0.709. The number of aromatic nitrogens is 2. The molecule has 1 aromatic rings. The summed E-state index contributed by atoms with van der Waals surface area (Å²) in [5, 5.41) is 17.5. The highest BCUT2D eigenvalue weighted by Crippen LogP contribution is 2.11. The van der Waals surface area contributed by atoms with E-state index in [0.717, 1.165) is 6.54 Å². The smallest absolute Gasteiger partial charge is 0.128 e. The summed E-state index contributed by atoms with van der Waals surface area (Å²) in [6, 6.07) is 2.00. The number of aryl methyl sites for hydroxylation is 1. The Bertz CT molecular complexity index is 287. The second-order valence-electron chi connectivity index (χ2n) is 2.44. The van der Waals surface area contributed by atoms with Crippen LogP contribution in [0.1, 0.15) is 18.7 Å². The molecule has 0 aliphatic carbocycles. The summed E-state index contributed by atoms with van der Waals surface area (Å²) in [6.45, 7) is 2.57. The summed E-state index contributed by atoms with van der Waals surface area (Å²) >= 11 is 0. The summed E-state index contributed by atoms with van der Waals surface area (Å²) in [4.78, 5) is 4.01. The topological polar surface area (TPSA) is 61.8 Å². The molecular formula is C8H11N3O. The maximum Gasteiger partial charge on any atom is 0.128 e. The first kappa shape index (κ1) is 8.75. The number of hydrogen-bond donors (Lipinski definition) is 1. The zero-order valence-corrected chi connectivity index (χ0v) is 6.94. The summed E-state index contributed by atoms with van der Waals surface area (Å²) in [5.74, 6) is 0.141. The van der Waals surface area contributed by atoms with Gasteiger partial charge < -0.3 is 9.67 Å². The molecule has 1 aromatic heterocycles. The Hall–Kier alpha value is -1.34. The van der Waals surface area contributed by atoms with Crippen LogP contribution >= 0.6 is 0 Å². The Labute approximate surface area is 71.1 Å². The summed E-state index contributed by atoms with van der Waals surface area (Å²) < 4.78 is 1.85. The molecule has 0 fully saturated rings. The Morgan fingerprint density at radius 1 is 1.83 bits per heavy atom. The van der Waals surface area contributed by atoms with Crippen molar-refractivity contribution in [3.8, 4) is 6.07 Å². The average molecular weight is 165 g/mol. The molecule has 4 nitrogen and oxygen atoms in total. The van der Waals surface area contributed by atoms with Gasteiger partial charge in [-0.3, -0.25) is 0 Å². The van der Waals surface area contributed by atoms with Crippen LogP contribution in [0.25, 0.3) is 0 Å². The summed E-state index contributed by atoms with van der Waals surface area (Å²) in [7, 11) is 0. The fourth-order valence-electron chi connectivity index (χ4n) is 1.08. The van der Waals surface area contributed by atoms with Crippen molar-refractivity contribution < 1.29 is 5.11 Å². The third-order valence-corrected chi connectivity index (χ3v) is 1.74. The molecule has 0 aliphatic rings. The van der Waals surface area contributed by atoms with Gasteiger partial charge >= 0.3 is 0 Å². The lowest BCUT2D eigenvalue weighted by molar-refractivity contribution is 0.280. The standard InChI is InChI=1S/C8H11N3O/c1-2-11-4-3-10-8(11)7(5-9)6-12/h3-4,7,12H,2,6H2,1H3. The zero-order chi connectivity index (χ0) is 8.97. The van der Waals surface area contributed by atoms with Crippen LogP contribution in [0.5, 0.6) is 0 Å². The van der Waals surface area contributed by atoms with E-state index < -0.39 is 5.92 Å². The Morgan fingerprint density at radius 3 is 3.08 bits per heavy atom. The molecule has 1 atom stereocenters. The first-order valence-corrected chi connectivity index (χ1v) is 3.85. The highest BCUT2D eigenvalue weighted by molar-refractivity contribution is 5.10. The van der Waals surface area contributed by atoms with E-state index in [4.69, 9.17) is 10.4 Å². The molecule has 0 aromatic carbocycles. The van der Waals surface area contributed by atoms with E-state index in [1.54, 1.807) is 12.4 Å². The maximum absolute atomic E-state index is 8.84. The van der Waals surface area contributed by atoms with Gasteiger partial charge in [0.1, 0.15) is 11.7 Å². The van der Waals surface area contributed by atoms with Crippen LogP contribution in [0.4, 0.5) is 0 Å². The zero-order valence-electron chi connectivity index (χ0n) is 6.94. The van der Waals surface area contributed by atoms with E-state index in [9.17, 15) is 0 Å². The molecule has 1 unspecified atom stereocenters. The number of aliphatic hydroxyl groups is 1. The van der Waals surface area contributed by atoms with Gasteiger partial charge in [0.15, 0.2) is 0 Å². The lowest BCUT2D eigenvalue weighted by Gasteiger charge is -2.06. The van der Waals surface area contributed by atoms with Crippen LogP contribution in [0, 0.1) is 11.3 Å². The van der Waals surface area contributed by atoms with Gasteiger partial charge in [-0.1, -0.05) is 0 Å². The Balaban J connectivity index is 2.93. The third kappa shape index (κ3) is 1.46. The van der Waals surface area contributed by atoms with Gasteiger partial charge in [0.05, 0.1) is 12.7 Å². The van der Waals surface area contributed by atoms with Gasteiger partial charge in [0, 0.05) is 18.9 Å². The molecule has 0 saturated heterocycles. The monoisotopic (exact) mass is 165 g/mol. The predicted molar refractivity (Wildman–Crippen MR) is 43.3 cm³/mol. The summed E-state index contributed by atoms with van der Waals surface area (Å²) in [5.41, 5.74) is 0. The van der Waals surface area contributed by atoms with Gasteiger partial charge in [-0.15, -0.1) is 0 Å². The molecule has 4 heteroatoms. The van der Waals surface area contributed by atoms with Crippen LogP contribution in [-0.2, 0) is 6.54 Å². The van der Waals surface area contributed by atoms with Crippen molar-refractivity contribution in [3.05, 3.63) is 18.2 Å². The average Bonchev–Trinajstić information content (AvgIpc) is 2.55. The van der Waals surface area contributed by atoms with Gasteiger partial charge in [-0.2, -0.15) is 5.26 Å². The fourth-order valence-corrected chi connectivity index (χ4v) is 1.08. The Morgan fingerprint density at radius 2 is 2.58 bits per heavy atom. The number of rotatable bonds is 3. The van der Waals surface area contributed by atoms with Crippen LogP contribution in [-0.4, -0.2) is 21.3 Å². The van der Waals surface area contributed by atoms with Crippen molar-refractivity contribution in [2.45, 2.75) is 19.4 Å². The molecule has 1 heterocycles. The van der Waals surface area contributed by atoms with Gasteiger partial charge in [0.25, 0.3) is 0 Å². The minimum atomic E-state index is -0.500. The lowest BCUT2D eigenvalue weighted by Crippen LogP contribution is -2.09. The molecule has 0 aliphatic heterocycles. The highest BCUT2D eigenvalue weighted by Gasteiger charge is 2.13. The van der Waals surface area contributed by atoms with E-state index in [0.29, 0.717) is 5.82 Å². The van der Waals surface area contributed by atoms with Gasteiger partial charge in [-0.25, -0.2) is 4.98 Å². The fraction of sp³-hybridized carbons (Fsp3) is 0.500. The molecule has 1 N–H and O–H groups in total. The van der Waals surface area contributed by atoms with Crippen molar-refractivity contribution in [2.24, 2.45) is 0 Å². The molecule has 0 saturated carbocycles. The number of nitriles is 1. The second-order valence-corrected chi connectivity index (χ2v) is 2.44. The molecule has 0 amide bonds. The first-order valence-electron chi connectivity index (χ1n) is 3.85.